The van der Waals surface area contributed by atoms with Gasteiger partial charge in [0.1, 0.15) is 11.9 Å². The maximum atomic E-state index is 12.9. The van der Waals surface area contributed by atoms with E-state index < -0.39 is 5.82 Å². The number of benzene rings is 1. The molecule has 1 aromatic carbocycles. The van der Waals surface area contributed by atoms with Gasteiger partial charge in [0, 0.05) is 10.6 Å². The first-order chi connectivity index (χ1) is 8.08. The highest BCUT2D eigenvalue weighted by Crippen LogP contribution is 2.25. The van der Waals surface area contributed by atoms with E-state index in [2.05, 4.69) is 4.74 Å². The molecule has 0 amide bonds. The Morgan fingerprint density at radius 2 is 2.35 bits per heavy atom. The number of hydrogen-bond acceptors (Lipinski definition) is 4. The molecule has 0 saturated carbocycles. The van der Waals surface area contributed by atoms with E-state index in [-0.39, 0.29) is 17.5 Å². The molecule has 90 valence electrons. The molecular weight excluding hydrogens is 241 g/mol. The second kappa shape index (κ2) is 6.26. The Hall–Kier alpha value is -1.54. The molecule has 17 heavy (non-hydrogen) atoms. The van der Waals surface area contributed by atoms with Crippen molar-refractivity contribution in [3.63, 3.8) is 0 Å². The fourth-order valence-corrected chi connectivity index (χ4v) is 2.19. The van der Waals surface area contributed by atoms with E-state index in [0.29, 0.717) is 10.6 Å². The minimum Gasteiger partial charge on any atom is -0.469 e. The molecule has 3 nitrogen and oxygen atoms in total. The zero-order valence-electron chi connectivity index (χ0n) is 9.57. The molecule has 0 heterocycles. The highest BCUT2D eigenvalue weighted by atomic mass is 32.2. The zero-order chi connectivity index (χ0) is 12.8. The average Bonchev–Trinajstić information content (AvgIpc) is 2.35. The van der Waals surface area contributed by atoms with E-state index in [1.165, 1.54) is 31.0 Å². The monoisotopic (exact) mass is 253 g/mol. The molecule has 0 spiro atoms. The predicted molar refractivity (Wildman–Crippen MR) is 63.0 cm³/mol. The Morgan fingerprint density at radius 3 is 2.94 bits per heavy atom. The van der Waals surface area contributed by atoms with Gasteiger partial charge >= 0.3 is 5.97 Å². The lowest BCUT2D eigenvalue weighted by molar-refractivity contribution is -0.143. The minimum atomic E-state index is -0.438. The van der Waals surface area contributed by atoms with Gasteiger partial charge in [0.25, 0.3) is 0 Å². The van der Waals surface area contributed by atoms with Crippen molar-refractivity contribution in [2.75, 3.05) is 12.9 Å². The van der Waals surface area contributed by atoms with Crippen LogP contribution in [0.2, 0.25) is 0 Å². The van der Waals surface area contributed by atoms with Crippen molar-refractivity contribution >= 4 is 17.7 Å². The first kappa shape index (κ1) is 13.5. The summed E-state index contributed by atoms with van der Waals surface area (Å²) >= 11 is 1.34. The van der Waals surface area contributed by atoms with Crippen molar-refractivity contribution in [1.29, 1.82) is 5.26 Å². The van der Waals surface area contributed by atoms with Gasteiger partial charge in [-0.05, 0) is 18.2 Å². The molecule has 0 radical (unpaired) electrons. The molecule has 0 aliphatic carbocycles. The Balaban J connectivity index is 2.70. The van der Waals surface area contributed by atoms with Crippen LogP contribution in [0.4, 0.5) is 4.39 Å². The summed E-state index contributed by atoms with van der Waals surface area (Å²) in [6.45, 7) is 1.74. The summed E-state index contributed by atoms with van der Waals surface area (Å²) in [4.78, 5) is 11.9. The lowest BCUT2D eigenvalue weighted by Crippen LogP contribution is -2.14. The largest absolute Gasteiger partial charge is 0.469 e. The number of halogens is 1. The van der Waals surface area contributed by atoms with Gasteiger partial charge in [-0.15, -0.1) is 11.8 Å². The molecule has 0 saturated heterocycles. The SMILES string of the molecule is COC(=O)C(C)CSc1ccc(F)cc1C#N. The topological polar surface area (TPSA) is 50.1 Å². The number of methoxy groups -OCH3 is 1. The highest BCUT2D eigenvalue weighted by Gasteiger charge is 2.14. The first-order valence-electron chi connectivity index (χ1n) is 4.98. The number of esters is 1. The quantitative estimate of drug-likeness (QED) is 0.611. The minimum absolute atomic E-state index is 0.262. The van der Waals surface area contributed by atoms with Crippen LogP contribution >= 0.6 is 11.8 Å². The number of carbonyl (C=O) groups excluding carboxylic acids is 1. The van der Waals surface area contributed by atoms with E-state index in [4.69, 9.17) is 5.26 Å². The van der Waals surface area contributed by atoms with Crippen molar-refractivity contribution in [2.45, 2.75) is 11.8 Å². The standard InChI is InChI=1S/C12H12FNO2S/c1-8(12(15)16-2)7-17-11-4-3-10(13)5-9(11)6-14/h3-5,8H,7H2,1-2H3. The molecule has 1 rings (SSSR count). The van der Waals surface area contributed by atoms with Crippen LogP contribution in [0.1, 0.15) is 12.5 Å². The second-order valence-electron chi connectivity index (χ2n) is 3.49. The Labute approximate surface area is 104 Å². The van der Waals surface area contributed by atoms with Gasteiger partial charge in [-0.1, -0.05) is 6.92 Å². The summed E-state index contributed by atoms with van der Waals surface area (Å²) in [5.41, 5.74) is 0.284. The molecule has 1 atom stereocenters. The fraction of sp³-hybridized carbons (Fsp3) is 0.333. The maximum absolute atomic E-state index is 12.9. The normalized spacial score (nSPS) is 11.6. The highest BCUT2D eigenvalue weighted by molar-refractivity contribution is 7.99. The lowest BCUT2D eigenvalue weighted by atomic mass is 10.2. The van der Waals surface area contributed by atoms with Gasteiger partial charge in [0.05, 0.1) is 18.6 Å². The second-order valence-corrected chi connectivity index (χ2v) is 4.55. The summed E-state index contributed by atoms with van der Waals surface area (Å²) in [6, 6.07) is 5.95. The maximum Gasteiger partial charge on any atom is 0.309 e. The average molecular weight is 253 g/mol. The fourth-order valence-electron chi connectivity index (χ4n) is 1.20. The number of thioether (sulfide) groups is 1. The van der Waals surface area contributed by atoms with E-state index >= 15 is 0 Å². The lowest BCUT2D eigenvalue weighted by Gasteiger charge is -2.09. The van der Waals surface area contributed by atoms with Crippen LogP contribution in [-0.2, 0) is 9.53 Å². The van der Waals surface area contributed by atoms with Crippen molar-refractivity contribution in [3.05, 3.63) is 29.6 Å². The number of hydrogen-bond donors (Lipinski definition) is 0. The number of nitrogens with zero attached hydrogens (tertiary/aromatic N) is 1. The number of carbonyl (C=O) groups is 1. The molecular formula is C12H12FNO2S. The van der Waals surface area contributed by atoms with E-state index in [0.717, 1.165) is 0 Å². The number of rotatable bonds is 4. The van der Waals surface area contributed by atoms with Crippen molar-refractivity contribution in [3.8, 4) is 6.07 Å². The number of nitriles is 1. The van der Waals surface area contributed by atoms with Gasteiger partial charge in [-0.25, -0.2) is 4.39 Å². The summed E-state index contributed by atoms with van der Waals surface area (Å²) in [6.07, 6.45) is 0. The van der Waals surface area contributed by atoms with Crippen LogP contribution in [0.15, 0.2) is 23.1 Å². The summed E-state index contributed by atoms with van der Waals surface area (Å²) in [7, 11) is 1.34. The first-order valence-corrected chi connectivity index (χ1v) is 5.97. The van der Waals surface area contributed by atoms with Crippen molar-refractivity contribution in [2.24, 2.45) is 5.92 Å². The van der Waals surface area contributed by atoms with Crippen molar-refractivity contribution < 1.29 is 13.9 Å². The molecule has 0 aliphatic heterocycles. The third-order valence-corrected chi connectivity index (χ3v) is 3.49. The smallest absolute Gasteiger partial charge is 0.309 e. The molecule has 0 aromatic heterocycles. The molecule has 0 bridgehead atoms. The van der Waals surface area contributed by atoms with Crippen LogP contribution in [0, 0.1) is 23.1 Å². The predicted octanol–water partition coefficient (Wildman–Crippen LogP) is 2.60. The van der Waals surface area contributed by atoms with Crippen LogP contribution < -0.4 is 0 Å². The van der Waals surface area contributed by atoms with E-state index in [1.807, 2.05) is 6.07 Å². The van der Waals surface area contributed by atoms with Crippen LogP contribution in [-0.4, -0.2) is 18.8 Å². The third kappa shape index (κ3) is 3.75. The summed E-state index contributed by atoms with van der Waals surface area (Å²) in [5.74, 6) is -0.501. The summed E-state index contributed by atoms with van der Waals surface area (Å²) in [5, 5.41) is 8.84. The van der Waals surface area contributed by atoms with Crippen LogP contribution in [0.5, 0.6) is 0 Å². The van der Waals surface area contributed by atoms with Gasteiger partial charge < -0.3 is 4.74 Å². The van der Waals surface area contributed by atoms with Gasteiger partial charge in [-0.2, -0.15) is 5.26 Å². The third-order valence-electron chi connectivity index (χ3n) is 2.15. The molecule has 5 heteroatoms. The van der Waals surface area contributed by atoms with E-state index in [1.54, 1.807) is 13.0 Å². The Morgan fingerprint density at radius 1 is 1.65 bits per heavy atom. The molecule has 0 aliphatic rings. The molecule has 0 fully saturated rings. The molecule has 1 aromatic rings. The van der Waals surface area contributed by atoms with Crippen LogP contribution in [0.25, 0.3) is 0 Å². The zero-order valence-corrected chi connectivity index (χ0v) is 10.4. The summed E-state index contributed by atoms with van der Waals surface area (Å²) < 4.78 is 17.5. The Kier molecular flexibility index (Phi) is 4.98. The van der Waals surface area contributed by atoms with Gasteiger partial charge in [-0.3, -0.25) is 4.79 Å². The number of ether oxygens (including phenoxy) is 1. The van der Waals surface area contributed by atoms with Crippen molar-refractivity contribution in [1.82, 2.24) is 0 Å². The van der Waals surface area contributed by atoms with Gasteiger partial charge in [0.15, 0.2) is 0 Å². The van der Waals surface area contributed by atoms with E-state index in [9.17, 15) is 9.18 Å². The Bertz CT molecular complexity index is 456. The molecule has 1 unspecified atom stereocenters. The van der Waals surface area contributed by atoms with Gasteiger partial charge in [0.2, 0.25) is 0 Å². The van der Waals surface area contributed by atoms with Crippen LogP contribution in [0.3, 0.4) is 0 Å². The molecule has 0 N–H and O–H groups in total.